The number of nitrogens with one attached hydrogen (secondary N) is 1. The summed E-state index contributed by atoms with van der Waals surface area (Å²) in [6, 6.07) is 4.84. The number of aryl methyl sites for hydroxylation is 1. The van der Waals surface area contributed by atoms with Crippen molar-refractivity contribution >= 4 is 34.3 Å². The van der Waals surface area contributed by atoms with E-state index >= 15 is 0 Å². The van der Waals surface area contributed by atoms with E-state index in [1.165, 1.54) is 45.7 Å². The molecule has 3 aromatic rings. The highest BCUT2D eigenvalue weighted by molar-refractivity contribution is 5.99. The smallest absolute Gasteiger partial charge is 0.263 e. The minimum atomic E-state index is -0.241. The summed E-state index contributed by atoms with van der Waals surface area (Å²) in [7, 11) is 0. The maximum atomic E-state index is 13.4. The van der Waals surface area contributed by atoms with Crippen molar-refractivity contribution in [2.45, 2.75) is 77.3 Å². The van der Waals surface area contributed by atoms with Crippen molar-refractivity contribution in [3.63, 3.8) is 0 Å². The minimum Gasteiger partial charge on any atom is -0.370 e. The van der Waals surface area contributed by atoms with Gasteiger partial charge in [-0.1, -0.05) is 12.8 Å². The largest absolute Gasteiger partial charge is 0.370 e. The SMILES string of the molecule is CC(=O)c1c(C)c2cnc(Nc3ccc(N4CCC(N5CCCC5)CC4)cn3)nc2n(C2CCCC2)c1=O. The van der Waals surface area contributed by atoms with Crippen molar-refractivity contribution in [2.75, 3.05) is 36.4 Å². The summed E-state index contributed by atoms with van der Waals surface area (Å²) < 4.78 is 1.74. The molecule has 0 atom stereocenters. The molecule has 3 aromatic heterocycles. The molecule has 1 saturated carbocycles. The predicted molar refractivity (Wildman–Crippen MR) is 150 cm³/mol. The van der Waals surface area contributed by atoms with Crippen LogP contribution < -0.4 is 15.8 Å². The molecule has 6 rings (SSSR count). The summed E-state index contributed by atoms with van der Waals surface area (Å²) in [5, 5.41) is 3.97. The van der Waals surface area contributed by atoms with E-state index in [1.807, 2.05) is 19.2 Å². The highest BCUT2D eigenvalue weighted by Crippen LogP contribution is 2.32. The number of hydrogen-bond acceptors (Lipinski definition) is 8. The summed E-state index contributed by atoms with van der Waals surface area (Å²) in [5.41, 5.74) is 2.37. The van der Waals surface area contributed by atoms with Crippen molar-refractivity contribution < 1.29 is 4.79 Å². The number of anilines is 3. The number of pyridine rings is 2. The van der Waals surface area contributed by atoms with E-state index in [2.05, 4.69) is 31.2 Å². The van der Waals surface area contributed by atoms with Crippen molar-refractivity contribution in [3.8, 4) is 0 Å². The molecular formula is C29H37N7O2. The second-order valence-electron chi connectivity index (χ2n) is 11.1. The molecule has 1 N–H and O–H groups in total. The Morgan fingerprint density at radius 1 is 0.921 bits per heavy atom. The number of nitrogens with zero attached hydrogens (tertiary/aromatic N) is 6. The van der Waals surface area contributed by atoms with Gasteiger partial charge in [-0.3, -0.25) is 14.2 Å². The molecule has 3 fully saturated rings. The number of carbonyl (C=O) groups excluding carboxylic acids is 1. The molecule has 9 nitrogen and oxygen atoms in total. The fourth-order valence-electron chi connectivity index (χ4n) is 6.67. The Hall–Kier alpha value is -3.33. The molecule has 0 radical (unpaired) electrons. The molecule has 2 aliphatic heterocycles. The standard InChI is InChI=1S/C29H37N7O2/c1-19-24-18-31-29(33-27(24)36(22-7-3-4-8-22)28(38)26(19)20(2)37)32-25-10-9-23(17-30-25)35-15-11-21(12-16-35)34-13-5-6-14-34/h9-10,17-18,21-22H,3-8,11-16H2,1-2H3,(H,30,31,32,33). The van der Waals surface area contributed by atoms with Gasteiger partial charge in [-0.25, -0.2) is 9.97 Å². The van der Waals surface area contributed by atoms with Crippen LogP contribution in [-0.2, 0) is 0 Å². The van der Waals surface area contributed by atoms with Crippen molar-refractivity contribution in [1.82, 2.24) is 24.4 Å². The lowest BCUT2D eigenvalue weighted by Gasteiger charge is -2.37. The summed E-state index contributed by atoms with van der Waals surface area (Å²) in [4.78, 5) is 44.8. The van der Waals surface area contributed by atoms with E-state index in [4.69, 9.17) is 4.98 Å². The monoisotopic (exact) mass is 515 g/mol. The van der Waals surface area contributed by atoms with Gasteiger partial charge in [-0.05, 0) is 83.2 Å². The molecule has 9 heteroatoms. The highest BCUT2D eigenvalue weighted by Gasteiger charge is 2.27. The zero-order valence-corrected chi connectivity index (χ0v) is 22.4. The molecule has 200 valence electrons. The van der Waals surface area contributed by atoms with E-state index in [1.54, 1.807) is 10.8 Å². The van der Waals surface area contributed by atoms with Crippen molar-refractivity contribution in [1.29, 1.82) is 0 Å². The van der Waals surface area contributed by atoms with Gasteiger partial charge in [0, 0.05) is 36.8 Å². The minimum absolute atomic E-state index is 0.0541. The van der Waals surface area contributed by atoms with Crippen molar-refractivity contribution in [3.05, 3.63) is 46.0 Å². The Morgan fingerprint density at radius 3 is 2.32 bits per heavy atom. The lowest BCUT2D eigenvalue weighted by Crippen LogP contribution is -2.43. The van der Waals surface area contributed by atoms with Gasteiger partial charge in [0.2, 0.25) is 5.95 Å². The van der Waals surface area contributed by atoms with Gasteiger partial charge in [0.25, 0.3) is 5.56 Å². The number of ketones is 1. The fraction of sp³-hybridized carbons (Fsp3) is 0.552. The second-order valence-corrected chi connectivity index (χ2v) is 11.1. The van der Waals surface area contributed by atoms with Gasteiger partial charge in [-0.15, -0.1) is 0 Å². The third kappa shape index (κ3) is 4.68. The van der Waals surface area contributed by atoms with Gasteiger partial charge in [0.15, 0.2) is 5.78 Å². The molecule has 38 heavy (non-hydrogen) atoms. The van der Waals surface area contributed by atoms with Crippen LogP contribution in [0.1, 0.15) is 80.3 Å². The maximum Gasteiger partial charge on any atom is 0.263 e. The van der Waals surface area contributed by atoms with Gasteiger partial charge in [-0.2, -0.15) is 4.98 Å². The second kappa shape index (κ2) is 10.4. The number of hydrogen-bond donors (Lipinski definition) is 1. The van der Waals surface area contributed by atoms with Crippen LogP contribution in [0.4, 0.5) is 17.5 Å². The zero-order chi connectivity index (χ0) is 26.2. The molecule has 0 unspecified atom stereocenters. The molecule has 0 spiro atoms. The average Bonchev–Trinajstić information content (AvgIpc) is 3.65. The van der Waals surface area contributed by atoms with E-state index < -0.39 is 0 Å². The van der Waals surface area contributed by atoms with Crippen LogP contribution in [0.2, 0.25) is 0 Å². The number of piperidine rings is 1. The van der Waals surface area contributed by atoms with E-state index in [9.17, 15) is 9.59 Å². The molecule has 2 saturated heterocycles. The lowest BCUT2D eigenvalue weighted by atomic mass is 10.0. The van der Waals surface area contributed by atoms with Gasteiger partial charge in [0.1, 0.15) is 11.5 Å². The first kappa shape index (κ1) is 25.0. The van der Waals surface area contributed by atoms with Crippen LogP contribution in [0.15, 0.2) is 29.3 Å². The Morgan fingerprint density at radius 2 is 1.66 bits per heavy atom. The Labute approximate surface area is 223 Å². The first-order valence-corrected chi connectivity index (χ1v) is 14.1. The summed E-state index contributed by atoms with van der Waals surface area (Å²) in [5.74, 6) is 0.838. The average molecular weight is 516 g/mol. The van der Waals surface area contributed by atoms with E-state index in [0.717, 1.165) is 55.9 Å². The zero-order valence-electron chi connectivity index (χ0n) is 22.4. The molecule has 0 bridgehead atoms. The van der Waals surface area contributed by atoms with Gasteiger partial charge < -0.3 is 15.1 Å². The first-order chi connectivity index (χ1) is 18.5. The summed E-state index contributed by atoms with van der Waals surface area (Å²) >= 11 is 0. The van der Waals surface area contributed by atoms with Crippen LogP contribution in [0, 0.1) is 6.92 Å². The van der Waals surface area contributed by atoms with E-state index in [0.29, 0.717) is 23.0 Å². The lowest BCUT2D eigenvalue weighted by molar-refractivity contribution is 0.101. The maximum absolute atomic E-state index is 13.4. The third-order valence-corrected chi connectivity index (χ3v) is 8.72. The number of likely N-dealkylation sites (tertiary alicyclic amines) is 1. The van der Waals surface area contributed by atoms with Crippen LogP contribution in [0.5, 0.6) is 0 Å². The number of aromatic nitrogens is 4. The van der Waals surface area contributed by atoms with Crippen LogP contribution in [0.3, 0.4) is 0 Å². The van der Waals surface area contributed by atoms with Crippen molar-refractivity contribution in [2.24, 2.45) is 0 Å². The number of Topliss-reactive ketones (excluding diaryl/α,β-unsaturated/α-hetero) is 1. The number of fused-ring (bicyclic) bond motifs is 1. The number of rotatable bonds is 6. The Kier molecular flexibility index (Phi) is 6.86. The highest BCUT2D eigenvalue weighted by atomic mass is 16.1. The third-order valence-electron chi connectivity index (χ3n) is 8.72. The Balaban J connectivity index is 1.22. The predicted octanol–water partition coefficient (Wildman–Crippen LogP) is 4.62. The Bertz CT molecular complexity index is 1380. The quantitative estimate of drug-likeness (QED) is 0.475. The van der Waals surface area contributed by atoms with Gasteiger partial charge >= 0.3 is 0 Å². The molecule has 0 amide bonds. The molecule has 1 aliphatic carbocycles. The topological polar surface area (TPSA) is 96.2 Å². The molecule has 5 heterocycles. The molecule has 3 aliphatic rings. The number of carbonyl (C=O) groups is 1. The summed E-state index contributed by atoms with van der Waals surface area (Å²) in [6.45, 7) is 7.91. The molecular weight excluding hydrogens is 478 g/mol. The summed E-state index contributed by atoms with van der Waals surface area (Å²) in [6.07, 6.45) is 12.7. The first-order valence-electron chi connectivity index (χ1n) is 14.1. The van der Waals surface area contributed by atoms with Crippen LogP contribution >= 0.6 is 0 Å². The van der Waals surface area contributed by atoms with Crippen LogP contribution in [0.25, 0.3) is 11.0 Å². The molecule has 0 aromatic carbocycles. The normalized spacial score (nSPS) is 19.5. The van der Waals surface area contributed by atoms with Gasteiger partial charge in [0.05, 0.1) is 17.4 Å². The fourth-order valence-corrected chi connectivity index (χ4v) is 6.67. The van der Waals surface area contributed by atoms with E-state index in [-0.39, 0.29) is 22.9 Å². The van der Waals surface area contributed by atoms with Crippen LogP contribution in [-0.4, -0.2) is 62.4 Å².